The molecule has 0 aromatic carbocycles. The van der Waals surface area contributed by atoms with Gasteiger partial charge in [0, 0.05) is 24.1 Å². The van der Waals surface area contributed by atoms with Crippen LogP contribution >= 0.6 is 12.6 Å². The summed E-state index contributed by atoms with van der Waals surface area (Å²) in [6, 6.07) is 0. The average molecular weight is 291 g/mol. The Hall–Kier alpha value is -1.00. The van der Waals surface area contributed by atoms with Gasteiger partial charge in [-0.2, -0.15) is 5.10 Å². The maximum absolute atomic E-state index is 4.65. The minimum atomic E-state index is 0.459. The Morgan fingerprint density at radius 3 is 3.00 bits per heavy atom. The van der Waals surface area contributed by atoms with Crippen LogP contribution in [0, 0.1) is 5.92 Å². The molecule has 20 heavy (non-hydrogen) atoms. The van der Waals surface area contributed by atoms with Gasteiger partial charge in [0.2, 0.25) is 0 Å². The van der Waals surface area contributed by atoms with Crippen molar-refractivity contribution in [3.05, 3.63) is 35.7 Å². The quantitative estimate of drug-likeness (QED) is 0.658. The molecule has 1 aromatic heterocycles. The van der Waals surface area contributed by atoms with Crippen molar-refractivity contribution in [2.45, 2.75) is 32.6 Å². The van der Waals surface area contributed by atoms with Crippen LogP contribution in [0.4, 0.5) is 0 Å². The summed E-state index contributed by atoms with van der Waals surface area (Å²) in [6.45, 7) is 6.62. The van der Waals surface area contributed by atoms with Crippen molar-refractivity contribution in [2.24, 2.45) is 13.0 Å². The van der Waals surface area contributed by atoms with Crippen molar-refractivity contribution in [1.29, 1.82) is 0 Å². The van der Waals surface area contributed by atoms with Crippen molar-refractivity contribution in [1.82, 2.24) is 15.1 Å². The standard InChI is InChI=1S/C16H25N3S/c1-12(2)14-11-18-19(3)16(14)15(20)8-4-6-13-7-5-9-17-10-13/h4,6,8,11-13,17,20H,5,7,9-10H2,1-3H3/b6-4+,15-8-. The van der Waals surface area contributed by atoms with Crippen LogP contribution < -0.4 is 5.32 Å². The van der Waals surface area contributed by atoms with Gasteiger partial charge in [0.25, 0.3) is 0 Å². The van der Waals surface area contributed by atoms with Gasteiger partial charge >= 0.3 is 0 Å². The monoisotopic (exact) mass is 291 g/mol. The highest BCUT2D eigenvalue weighted by molar-refractivity contribution is 7.90. The van der Waals surface area contributed by atoms with Crippen LogP contribution in [0.25, 0.3) is 4.91 Å². The Balaban J connectivity index is 2.10. The summed E-state index contributed by atoms with van der Waals surface area (Å²) in [6.07, 6.45) is 11.0. The Morgan fingerprint density at radius 2 is 2.35 bits per heavy atom. The van der Waals surface area contributed by atoms with E-state index in [9.17, 15) is 0 Å². The first-order valence-electron chi connectivity index (χ1n) is 7.40. The summed E-state index contributed by atoms with van der Waals surface area (Å²) >= 11 is 4.65. The van der Waals surface area contributed by atoms with E-state index >= 15 is 0 Å². The Morgan fingerprint density at radius 1 is 1.55 bits per heavy atom. The average Bonchev–Trinajstić information content (AvgIpc) is 2.82. The second-order valence-electron chi connectivity index (χ2n) is 5.77. The SMILES string of the molecule is CC(C)c1cnn(C)c1/C(S)=C/C=C/C1CCCNC1. The molecule has 1 unspecified atom stereocenters. The molecule has 0 amide bonds. The number of hydrogen-bond donors (Lipinski definition) is 2. The number of hydrogen-bond acceptors (Lipinski definition) is 3. The first kappa shape index (κ1) is 15.4. The molecule has 1 aliphatic heterocycles. The van der Waals surface area contributed by atoms with Crippen LogP contribution in [-0.2, 0) is 7.05 Å². The highest BCUT2D eigenvalue weighted by Crippen LogP contribution is 2.27. The number of nitrogens with one attached hydrogen (secondary N) is 1. The summed E-state index contributed by atoms with van der Waals surface area (Å²) in [7, 11) is 1.97. The first-order valence-corrected chi connectivity index (χ1v) is 7.84. The zero-order valence-electron chi connectivity index (χ0n) is 12.6. The maximum Gasteiger partial charge on any atom is 0.0774 e. The van der Waals surface area contributed by atoms with Crippen LogP contribution in [0.15, 0.2) is 24.4 Å². The number of allylic oxidation sites excluding steroid dienone is 2. The van der Waals surface area contributed by atoms with Gasteiger partial charge < -0.3 is 5.32 Å². The van der Waals surface area contributed by atoms with E-state index < -0.39 is 0 Å². The van der Waals surface area contributed by atoms with Crippen LogP contribution in [0.3, 0.4) is 0 Å². The third kappa shape index (κ3) is 3.76. The fourth-order valence-electron chi connectivity index (χ4n) is 2.62. The lowest BCUT2D eigenvalue weighted by Gasteiger charge is -2.19. The normalized spacial score (nSPS) is 21.1. The molecule has 0 aliphatic carbocycles. The largest absolute Gasteiger partial charge is 0.316 e. The molecule has 1 fully saturated rings. The fraction of sp³-hybridized carbons (Fsp3) is 0.562. The predicted octanol–water partition coefficient (Wildman–Crippen LogP) is 3.37. The molecular formula is C16H25N3S. The van der Waals surface area contributed by atoms with E-state index in [1.54, 1.807) is 0 Å². The number of nitrogens with zero attached hydrogens (tertiary/aromatic N) is 2. The minimum Gasteiger partial charge on any atom is -0.316 e. The lowest BCUT2D eigenvalue weighted by Crippen LogP contribution is -2.28. The van der Waals surface area contributed by atoms with Crippen LogP contribution in [0.1, 0.15) is 43.9 Å². The Kier molecular flexibility index (Phi) is 5.49. The summed E-state index contributed by atoms with van der Waals surface area (Å²) in [5, 5.41) is 7.78. The molecule has 1 atom stereocenters. The molecule has 0 spiro atoms. The molecular weight excluding hydrogens is 266 g/mol. The maximum atomic E-state index is 4.65. The zero-order chi connectivity index (χ0) is 14.5. The van der Waals surface area contributed by atoms with Crippen molar-refractivity contribution >= 4 is 17.5 Å². The van der Waals surface area contributed by atoms with Gasteiger partial charge in [-0.1, -0.05) is 26.0 Å². The lowest BCUT2D eigenvalue weighted by molar-refractivity contribution is 0.438. The van der Waals surface area contributed by atoms with Gasteiger partial charge in [-0.25, -0.2) is 0 Å². The molecule has 2 heterocycles. The summed E-state index contributed by atoms with van der Waals surface area (Å²) in [5.41, 5.74) is 2.37. The molecule has 0 bridgehead atoms. The molecule has 1 aliphatic rings. The lowest BCUT2D eigenvalue weighted by atomic mass is 9.99. The molecule has 3 nitrogen and oxygen atoms in total. The van der Waals surface area contributed by atoms with Crippen molar-refractivity contribution in [2.75, 3.05) is 13.1 Å². The van der Waals surface area contributed by atoms with Crippen LogP contribution in [-0.4, -0.2) is 22.9 Å². The highest BCUT2D eigenvalue weighted by Gasteiger charge is 2.13. The molecule has 2 rings (SSSR count). The van der Waals surface area contributed by atoms with Crippen LogP contribution in [0.5, 0.6) is 0 Å². The molecule has 4 heteroatoms. The molecule has 0 saturated carbocycles. The Bertz CT molecular complexity index is 494. The smallest absolute Gasteiger partial charge is 0.0774 e. The van der Waals surface area contributed by atoms with Crippen LogP contribution in [0.2, 0.25) is 0 Å². The molecule has 1 N–H and O–H groups in total. The van der Waals surface area contributed by atoms with Gasteiger partial charge in [0.05, 0.1) is 11.9 Å². The number of aryl methyl sites for hydroxylation is 1. The summed E-state index contributed by atoms with van der Waals surface area (Å²) in [5.74, 6) is 1.11. The summed E-state index contributed by atoms with van der Waals surface area (Å²) in [4.78, 5) is 0.980. The second-order valence-corrected chi connectivity index (χ2v) is 6.25. The van der Waals surface area contributed by atoms with E-state index in [0.29, 0.717) is 11.8 Å². The van der Waals surface area contributed by atoms with Gasteiger partial charge in [-0.3, -0.25) is 4.68 Å². The topological polar surface area (TPSA) is 29.9 Å². The first-order chi connectivity index (χ1) is 9.59. The molecule has 110 valence electrons. The van der Waals surface area contributed by atoms with Crippen molar-refractivity contribution in [3.8, 4) is 0 Å². The van der Waals surface area contributed by atoms with Gasteiger partial charge in [0.15, 0.2) is 0 Å². The predicted molar refractivity (Wildman–Crippen MR) is 89.0 cm³/mol. The number of piperidine rings is 1. The van der Waals surface area contributed by atoms with Gasteiger partial charge in [0.1, 0.15) is 0 Å². The second kappa shape index (κ2) is 7.14. The zero-order valence-corrected chi connectivity index (χ0v) is 13.5. The molecule has 1 saturated heterocycles. The van der Waals surface area contributed by atoms with E-state index in [4.69, 9.17) is 0 Å². The Labute approximate surface area is 127 Å². The number of aromatic nitrogens is 2. The number of thiol groups is 1. The van der Waals surface area contributed by atoms with Gasteiger partial charge in [-0.05, 0) is 37.3 Å². The van der Waals surface area contributed by atoms with Crippen molar-refractivity contribution < 1.29 is 0 Å². The third-order valence-corrected chi connectivity index (χ3v) is 4.16. The summed E-state index contributed by atoms with van der Waals surface area (Å²) < 4.78 is 1.91. The molecule has 1 aromatic rings. The highest BCUT2D eigenvalue weighted by atomic mass is 32.1. The third-order valence-electron chi connectivity index (χ3n) is 3.80. The van der Waals surface area contributed by atoms with E-state index in [1.165, 1.54) is 18.4 Å². The fourth-order valence-corrected chi connectivity index (χ4v) is 2.98. The molecule has 0 radical (unpaired) electrons. The minimum absolute atomic E-state index is 0.459. The van der Waals surface area contributed by atoms with Crippen molar-refractivity contribution in [3.63, 3.8) is 0 Å². The number of rotatable bonds is 4. The van der Waals surface area contributed by atoms with E-state index in [0.717, 1.165) is 23.7 Å². The van der Waals surface area contributed by atoms with Gasteiger partial charge in [-0.15, -0.1) is 12.6 Å². The van der Waals surface area contributed by atoms with E-state index in [2.05, 4.69) is 55.1 Å². The van der Waals surface area contributed by atoms with E-state index in [-0.39, 0.29) is 0 Å². The van der Waals surface area contributed by atoms with E-state index in [1.807, 2.05) is 17.9 Å².